The van der Waals surface area contributed by atoms with Crippen molar-refractivity contribution in [3.8, 4) is 11.8 Å². The minimum absolute atomic E-state index is 0.0284. The molecular weight excluding hydrogens is 268 g/mol. The van der Waals surface area contributed by atoms with E-state index in [4.69, 9.17) is 5.11 Å². The van der Waals surface area contributed by atoms with Crippen LogP contribution in [0.3, 0.4) is 0 Å². The highest BCUT2D eigenvalue weighted by Crippen LogP contribution is 2.13. The lowest BCUT2D eigenvalue weighted by molar-refractivity contribution is -0.149. The molecule has 1 N–H and O–H groups in total. The number of piperazine rings is 1. The molecule has 1 fully saturated rings. The molecule has 2 rings (SSSR count). The molecule has 1 aliphatic rings. The first-order valence-corrected chi connectivity index (χ1v) is 6.81. The van der Waals surface area contributed by atoms with E-state index in [1.807, 2.05) is 24.3 Å². The quantitative estimate of drug-likeness (QED) is 0.809. The van der Waals surface area contributed by atoms with Crippen LogP contribution in [-0.4, -0.2) is 53.5 Å². The second kappa shape index (κ2) is 6.91. The predicted molar refractivity (Wildman–Crippen MR) is 78.1 cm³/mol. The Labute approximate surface area is 124 Å². The lowest BCUT2D eigenvalue weighted by Crippen LogP contribution is -2.51. The summed E-state index contributed by atoms with van der Waals surface area (Å²) in [4.78, 5) is 26.7. The zero-order chi connectivity index (χ0) is 15.2. The molecule has 1 aliphatic heterocycles. The summed E-state index contributed by atoms with van der Waals surface area (Å²) in [5, 5.41) is 8.77. The maximum atomic E-state index is 12.0. The number of aliphatic hydroxyl groups is 1. The minimum Gasteiger partial charge on any atom is -0.395 e. The van der Waals surface area contributed by atoms with Gasteiger partial charge in [-0.25, -0.2) is 0 Å². The fourth-order valence-electron chi connectivity index (χ4n) is 2.11. The normalized spacial score (nSPS) is 15.0. The van der Waals surface area contributed by atoms with Gasteiger partial charge in [0.1, 0.15) is 6.54 Å². The molecule has 0 aliphatic carbocycles. The highest BCUT2D eigenvalue weighted by molar-refractivity contribution is 5.92. The molecule has 0 aromatic heterocycles. The van der Waals surface area contributed by atoms with Gasteiger partial charge < -0.3 is 14.9 Å². The molecule has 0 unspecified atom stereocenters. The second-order valence-electron chi connectivity index (χ2n) is 4.93. The SMILES string of the molecule is CN1CC(=O)N(Cc2ccccc2C#CCCO)CC1=O. The topological polar surface area (TPSA) is 60.9 Å². The summed E-state index contributed by atoms with van der Waals surface area (Å²) in [6.45, 7) is 0.633. The predicted octanol–water partition coefficient (Wildman–Crippen LogP) is 0.221. The van der Waals surface area contributed by atoms with Crippen LogP contribution in [0.25, 0.3) is 0 Å². The highest BCUT2D eigenvalue weighted by Gasteiger charge is 2.27. The van der Waals surface area contributed by atoms with E-state index in [1.54, 1.807) is 11.9 Å². The number of amides is 2. The Balaban J connectivity index is 2.15. The molecule has 5 heteroatoms. The van der Waals surface area contributed by atoms with Gasteiger partial charge in [-0.3, -0.25) is 9.59 Å². The molecule has 1 aromatic carbocycles. The fraction of sp³-hybridized carbons (Fsp3) is 0.375. The number of carbonyl (C=O) groups excluding carboxylic acids is 2. The first-order valence-electron chi connectivity index (χ1n) is 6.81. The summed E-state index contributed by atoms with van der Waals surface area (Å²) in [5.74, 6) is 5.76. The number of aliphatic hydroxyl groups excluding tert-OH is 1. The van der Waals surface area contributed by atoms with Gasteiger partial charge in [-0.1, -0.05) is 30.0 Å². The molecule has 21 heavy (non-hydrogen) atoms. The highest BCUT2D eigenvalue weighted by atomic mass is 16.2. The van der Waals surface area contributed by atoms with Gasteiger partial charge in [0.05, 0.1) is 13.2 Å². The van der Waals surface area contributed by atoms with E-state index in [1.165, 1.54) is 4.90 Å². The second-order valence-corrected chi connectivity index (χ2v) is 4.93. The molecule has 0 atom stereocenters. The first kappa shape index (κ1) is 15.1. The smallest absolute Gasteiger partial charge is 0.242 e. The monoisotopic (exact) mass is 286 g/mol. The third-order valence-electron chi connectivity index (χ3n) is 3.32. The van der Waals surface area contributed by atoms with Crippen molar-refractivity contribution in [2.24, 2.45) is 0 Å². The van der Waals surface area contributed by atoms with Gasteiger partial charge in [0.15, 0.2) is 0 Å². The molecule has 110 valence electrons. The van der Waals surface area contributed by atoms with Gasteiger partial charge >= 0.3 is 0 Å². The van der Waals surface area contributed by atoms with Crippen LogP contribution in [-0.2, 0) is 16.1 Å². The Hall–Kier alpha value is -2.32. The summed E-state index contributed by atoms with van der Waals surface area (Å²) >= 11 is 0. The van der Waals surface area contributed by atoms with E-state index in [0.717, 1.165) is 11.1 Å². The van der Waals surface area contributed by atoms with E-state index in [9.17, 15) is 9.59 Å². The maximum Gasteiger partial charge on any atom is 0.242 e. The maximum absolute atomic E-state index is 12.0. The minimum atomic E-state index is -0.0600. The zero-order valence-corrected chi connectivity index (χ0v) is 12.0. The number of benzene rings is 1. The number of rotatable bonds is 3. The Kier molecular flexibility index (Phi) is 4.96. The summed E-state index contributed by atoms with van der Waals surface area (Å²) in [5.41, 5.74) is 1.73. The Morgan fingerprint density at radius 1 is 1.19 bits per heavy atom. The average molecular weight is 286 g/mol. The van der Waals surface area contributed by atoms with Crippen molar-refractivity contribution in [2.75, 3.05) is 26.7 Å². The molecule has 1 saturated heterocycles. The third kappa shape index (κ3) is 3.83. The van der Waals surface area contributed by atoms with Crippen molar-refractivity contribution in [1.29, 1.82) is 0 Å². The molecular formula is C16H18N2O3. The number of carbonyl (C=O) groups is 2. The lowest BCUT2D eigenvalue weighted by atomic mass is 10.1. The zero-order valence-electron chi connectivity index (χ0n) is 12.0. The summed E-state index contributed by atoms with van der Waals surface area (Å²) in [6.07, 6.45) is 0.417. The van der Waals surface area contributed by atoms with Crippen LogP contribution < -0.4 is 0 Å². The van der Waals surface area contributed by atoms with Gasteiger partial charge in [-0.05, 0) is 11.6 Å². The lowest BCUT2D eigenvalue weighted by Gasteiger charge is -2.31. The Morgan fingerprint density at radius 2 is 1.95 bits per heavy atom. The largest absolute Gasteiger partial charge is 0.395 e. The van der Waals surface area contributed by atoms with Crippen LogP contribution in [0.5, 0.6) is 0 Å². The molecule has 5 nitrogen and oxygen atoms in total. The summed E-state index contributed by atoms with van der Waals surface area (Å²) in [7, 11) is 1.63. The van der Waals surface area contributed by atoms with Crippen LogP contribution in [0.2, 0.25) is 0 Å². The van der Waals surface area contributed by atoms with Gasteiger partial charge in [-0.15, -0.1) is 0 Å². The standard InChI is InChI=1S/C16H18N2O3/c1-17-11-16(21)18(12-15(17)20)10-14-8-3-2-6-13(14)7-4-5-9-19/h2-3,6,8,19H,5,9-12H2,1H3. The van der Waals surface area contributed by atoms with Gasteiger partial charge in [-0.2, -0.15) is 0 Å². The number of likely N-dealkylation sites (N-methyl/N-ethyl adjacent to an activating group) is 1. The van der Waals surface area contributed by atoms with E-state index >= 15 is 0 Å². The molecule has 0 radical (unpaired) electrons. The van der Waals surface area contributed by atoms with Crippen molar-refractivity contribution in [1.82, 2.24) is 9.80 Å². The van der Waals surface area contributed by atoms with Crippen LogP contribution >= 0.6 is 0 Å². The third-order valence-corrected chi connectivity index (χ3v) is 3.32. The molecule has 1 heterocycles. The number of nitrogens with zero attached hydrogens (tertiary/aromatic N) is 2. The van der Waals surface area contributed by atoms with Crippen molar-refractivity contribution >= 4 is 11.8 Å². The van der Waals surface area contributed by atoms with Crippen LogP contribution in [0.15, 0.2) is 24.3 Å². The number of hydrogen-bond donors (Lipinski definition) is 1. The van der Waals surface area contributed by atoms with Crippen LogP contribution in [0, 0.1) is 11.8 Å². The summed E-state index contributed by atoms with van der Waals surface area (Å²) < 4.78 is 0. The van der Waals surface area contributed by atoms with Crippen LogP contribution in [0.4, 0.5) is 0 Å². The van der Waals surface area contributed by atoms with Crippen molar-refractivity contribution < 1.29 is 14.7 Å². The average Bonchev–Trinajstić information content (AvgIpc) is 2.47. The first-order chi connectivity index (χ1) is 10.1. The van der Waals surface area contributed by atoms with Crippen molar-refractivity contribution in [3.63, 3.8) is 0 Å². The summed E-state index contributed by atoms with van der Waals surface area (Å²) in [6, 6.07) is 7.54. The van der Waals surface area contributed by atoms with E-state index in [2.05, 4.69) is 11.8 Å². The van der Waals surface area contributed by atoms with E-state index in [0.29, 0.717) is 13.0 Å². The fourth-order valence-corrected chi connectivity index (χ4v) is 2.11. The molecule has 1 aromatic rings. The number of hydrogen-bond acceptors (Lipinski definition) is 3. The molecule has 2 amide bonds. The molecule has 0 saturated carbocycles. The van der Waals surface area contributed by atoms with E-state index in [-0.39, 0.29) is 31.5 Å². The van der Waals surface area contributed by atoms with Crippen molar-refractivity contribution in [3.05, 3.63) is 35.4 Å². The van der Waals surface area contributed by atoms with E-state index < -0.39 is 0 Å². The van der Waals surface area contributed by atoms with Gasteiger partial charge in [0.25, 0.3) is 0 Å². The van der Waals surface area contributed by atoms with Gasteiger partial charge in [0.2, 0.25) is 11.8 Å². The Morgan fingerprint density at radius 3 is 2.71 bits per heavy atom. The van der Waals surface area contributed by atoms with Gasteiger partial charge in [0, 0.05) is 25.6 Å². The molecule has 0 bridgehead atoms. The van der Waals surface area contributed by atoms with Crippen LogP contribution in [0.1, 0.15) is 17.5 Å². The van der Waals surface area contributed by atoms with Crippen molar-refractivity contribution in [2.45, 2.75) is 13.0 Å². The Bertz CT molecular complexity index is 601. The molecule has 0 spiro atoms.